The molecule has 0 heterocycles. The fourth-order valence-electron chi connectivity index (χ4n) is 2.43. The van der Waals surface area contributed by atoms with E-state index in [4.69, 9.17) is 16.3 Å². The van der Waals surface area contributed by atoms with E-state index in [0.717, 1.165) is 15.9 Å². The van der Waals surface area contributed by atoms with Gasteiger partial charge in [0.25, 0.3) is 5.91 Å². The molecule has 0 saturated carbocycles. The number of carbonyl (C=O) groups is 2. The van der Waals surface area contributed by atoms with Gasteiger partial charge >= 0.3 is 5.97 Å². The summed E-state index contributed by atoms with van der Waals surface area (Å²) in [5.74, 6) is -1.79. The van der Waals surface area contributed by atoms with Gasteiger partial charge in [-0.3, -0.25) is 4.79 Å². The minimum atomic E-state index is -3.77. The molecule has 2 aromatic carbocycles. The SMILES string of the molecule is CC(OC(=O)c1cc(S(=O)(=O)N(C)C)ccc1Cl)C(=O)NCCc1ccc(F)cc1. The van der Waals surface area contributed by atoms with E-state index < -0.39 is 28.0 Å². The van der Waals surface area contributed by atoms with Crippen LogP contribution in [0.25, 0.3) is 0 Å². The van der Waals surface area contributed by atoms with Crippen LogP contribution in [0.1, 0.15) is 22.8 Å². The predicted octanol–water partition coefficient (Wildman–Crippen LogP) is 2.63. The van der Waals surface area contributed by atoms with Crippen LogP contribution in [0.15, 0.2) is 47.4 Å². The summed E-state index contributed by atoms with van der Waals surface area (Å²) < 4.78 is 43.5. The third kappa shape index (κ3) is 6.01. The lowest BCUT2D eigenvalue weighted by atomic mass is 10.1. The summed E-state index contributed by atoms with van der Waals surface area (Å²) in [7, 11) is -1.05. The third-order valence-electron chi connectivity index (χ3n) is 4.22. The number of hydrogen-bond acceptors (Lipinski definition) is 5. The van der Waals surface area contributed by atoms with Crippen molar-refractivity contribution in [2.75, 3.05) is 20.6 Å². The highest BCUT2D eigenvalue weighted by Crippen LogP contribution is 2.23. The molecule has 0 aliphatic heterocycles. The number of hydrogen-bond donors (Lipinski definition) is 1. The van der Waals surface area contributed by atoms with Crippen molar-refractivity contribution in [2.45, 2.75) is 24.3 Å². The Hall–Kier alpha value is -2.49. The van der Waals surface area contributed by atoms with Gasteiger partial charge in [0.05, 0.1) is 15.5 Å². The molecule has 1 amide bonds. The fraction of sp³-hybridized carbons (Fsp3) is 0.300. The lowest BCUT2D eigenvalue weighted by molar-refractivity contribution is -0.129. The number of esters is 1. The highest BCUT2D eigenvalue weighted by atomic mass is 35.5. The fourth-order valence-corrected chi connectivity index (χ4v) is 3.56. The first kappa shape index (κ1) is 23.8. The van der Waals surface area contributed by atoms with Gasteiger partial charge in [-0.05, 0) is 49.2 Å². The van der Waals surface area contributed by atoms with Crippen molar-refractivity contribution in [3.05, 3.63) is 64.4 Å². The van der Waals surface area contributed by atoms with Crippen molar-refractivity contribution in [1.82, 2.24) is 9.62 Å². The molecule has 0 radical (unpaired) electrons. The number of sulfonamides is 1. The second kappa shape index (κ2) is 10.0. The number of nitrogens with one attached hydrogen (secondary N) is 1. The third-order valence-corrected chi connectivity index (χ3v) is 6.36. The topological polar surface area (TPSA) is 92.8 Å². The van der Waals surface area contributed by atoms with E-state index in [-0.39, 0.29) is 27.8 Å². The summed E-state index contributed by atoms with van der Waals surface area (Å²) in [4.78, 5) is 24.5. The molecule has 1 unspecified atom stereocenters. The summed E-state index contributed by atoms with van der Waals surface area (Å²) in [6.45, 7) is 1.66. The molecular weight excluding hydrogens is 435 g/mol. The highest BCUT2D eigenvalue weighted by Gasteiger charge is 2.24. The molecule has 1 atom stereocenters. The normalized spacial score (nSPS) is 12.5. The number of benzene rings is 2. The van der Waals surface area contributed by atoms with Crippen molar-refractivity contribution < 1.29 is 27.1 Å². The Kier molecular flexibility index (Phi) is 7.94. The molecule has 0 aromatic heterocycles. The molecule has 2 rings (SSSR count). The average molecular weight is 457 g/mol. The van der Waals surface area contributed by atoms with Crippen LogP contribution in [-0.2, 0) is 26.0 Å². The summed E-state index contributed by atoms with van der Waals surface area (Å²) in [6.07, 6.45) is -0.654. The maximum absolute atomic E-state index is 12.9. The summed E-state index contributed by atoms with van der Waals surface area (Å²) in [5.41, 5.74) is 0.678. The minimum Gasteiger partial charge on any atom is -0.449 e. The maximum Gasteiger partial charge on any atom is 0.340 e. The van der Waals surface area contributed by atoms with E-state index in [1.807, 2.05) is 0 Å². The number of carbonyl (C=O) groups excluding carboxylic acids is 2. The van der Waals surface area contributed by atoms with Gasteiger partial charge in [0, 0.05) is 20.6 Å². The number of halogens is 2. The molecule has 0 aliphatic carbocycles. The lowest BCUT2D eigenvalue weighted by Gasteiger charge is -2.15. The zero-order valence-corrected chi connectivity index (χ0v) is 18.3. The smallest absolute Gasteiger partial charge is 0.340 e. The van der Waals surface area contributed by atoms with Crippen LogP contribution in [0, 0.1) is 5.82 Å². The lowest BCUT2D eigenvalue weighted by Crippen LogP contribution is -2.37. The zero-order chi connectivity index (χ0) is 22.5. The van der Waals surface area contributed by atoms with Gasteiger partial charge in [-0.1, -0.05) is 23.7 Å². The van der Waals surface area contributed by atoms with Crippen LogP contribution in [-0.4, -0.2) is 51.3 Å². The van der Waals surface area contributed by atoms with Gasteiger partial charge in [0.1, 0.15) is 5.82 Å². The van der Waals surface area contributed by atoms with E-state index in [9.17, 15) is 22.4 Å². The van der Waals surface area contributed by atoms with Crippen molar-refractivity contribution in [2.24, 2.45) is 0 Å². The number of amides is 1. The van der Waals surface area contributed by atoms with Crippen LogP contribution in [0.4, 0.5) is 4.39 Å². The molecule has 162 valence electrons. The quantitative estimate of drug-likeness (QED) is 0.616. The van der Waals surface area contributed by atoms with Crippen LogP contribution < -0.4 is 5.32 Å². The molecular formula is C20H22ClFN2O5S. The van der Waals surface area contributed by atoms with Crippen molar-refractivity contribution >= 4 is 33.5 Å². The molecule has 0 saturated heterocycles. The molecule has 0 aliphatic rings. The zero-order valence-electron chi connectivity index (χ0n) is 16.7. The molecule has 0 fully saturated rings. The van der Waals surface area contributed by atoms with Gasteiger partial charge in [-0.25, -0.2) is 21.9 Å². The highest BCUT2D eigenvalue weighted by molar-refractivity contribution is 7.89. The summed E-state index contributed by atoms with van der Waals surface area (Å²) in [5, 5.41) is 2.62. The Balaban J connectivity index is 1.99. The van der Waals surface area contributed by atoms with Crippen molar-refractivity contribution in [1.29, 1.82) is 0 Å². The van der Waals surface area contributed by atoms with Gasteiger partial charge < -0.3 is 10.1 Å². The van der Waals surface area contributed by atoms with Crippen LogP contribution in [0.2, 0.25) is 5.02 Å². The van der Waals surface area contributed by atoms with Gasteiger partial charge in [0.2, 0.25) is 10.0 Å². The molecule has 7 nitrogen and oxygen atoms in total. The Morgan fingerprint density at radius 1 is 1.17 bits per heavy atom. The Morgan fingerprint density at radius 2 is 1.80 bits per heavy atom. The Labute approximate surface area is 179 Å². The second-order valence-corrected chi connectivity index (χ2v) is 9.20. The van der Waals surface area contributed by atoms with Gasteiger partial charge in [-0.2, -0.15) is 0 Å². The number of ether oxygens (including phenoxy) is 1. The van der Waals surface area contributed by atoms with Crippen molar-refractivity contribution in [3.8, 4) is 0 Å². The van der Waals surface area contributed by atoms with E-state index in [0.29, 0.717) is 6.42 Å². The van der Waals surface area contributed by atoms with E-state index >= 15 is 0 Å². The van der Waals surface area contributed by atoms with Crippen LogP contribution >= 0.6 is 11.6 Å². The average Bonchev–Trinajstić information content (AvgIpc) is 2.69. The molecule has 0 bridgehead atoms. The predicted molar refractivity (Wildman–Crippen MR) is 110 cm³/mol. The molecule has 0 spiro atoms. The molecule has 10 heteroatoms. The first-order valence-corrected chi connectivity index (χ1v) is 10.8. The Bertz CT molecular complexity index is 1030. The minimum absolute atomic E-state index is 0.00150. The first-order chi connectivity index (χ1) is 14.0. The van der Waals surface area contributed by atoms with Crippen molar-refractivity contribution in [3.63, 3.8) is 0 Å². The molecule has 30 heavy (non-hydrogen) atoms. The van der Waals surface area contributed by atoms with Crippen LogP contribution in [0.3, 0.4) is 0 Å². The van der Waals surface area contributed by atoms with Gasteiger partial charge in [-0.15, -0.1) is 0 Å². The summed E-state index contributed by atoms with van der Waals surface area (Å²) >= 11 is 6.01. The Morgan fingerprint density at radius 3 is 2.40 bits per heavy atom. The second-order valence-electron chi connectivity index (χ2n) is 6.64. The molecule has 2 aromatic rings. The largest absolute Gasteiger partial charge is 0.449 e. The van der Waals surface area contributed by atoms with E-state index in [1.54, 1.807) is 12.1 Å². The number of nitrogens with zero attached hydrogens (tertiary/aromatic N) is 1. The van der Waals surface area contributed by atoms with Gasteiger partial charge in [0.15, 0.2) is 6.10 Å². The van der Waals surface area contributed by atoms with Crippen LogP contribution in [0.5, 0.6) is 0 Å². The summed E-state index contributed by atoms with van der Waals surface area (Å²) in [6, 6.07) is 9.55. The van der Waals surface area contributed by atoms with E-state index in [2.05, 4.69) is 5.32 Å². The molecule has 1 N–H and O–H groups in total. The standard InChI is InChI=1S/C20H22ClFN2O5S/c1-13(19(25)23-11-10-14-4-6-15(22)7-5-14)29-20(26)17-12-16(8-9-18(17)21)30(27,28)24(2)3/h4-9,12-13H,10-11H2,1-3H3,(H,23,25). The van der Waals surface area contributed by atoms with E-state index in [1.165, 1.54) is 45.3 Å². The number of rotatable bonds is 8. The maximum atomic E-state index is 12.9. The first-order valence-electron chi connectivity index (χ1n) is 8.97. The monoisotopic (exact) mass is 456 g/mol.